The lowest BCUT2D eigenvalue weighted by Crippen LogP contribution is -2.30. The summed E-state index contributed by atoms with van der Waals surface area (Å²) >= 11 is 0. The van der Waals surface area contributed by atoms with Crippen molar-refractivity contribution >= 4 is 22.7 Å². The number of aromatic nitrogens is 1. The number of pyridine rings is 1. The van der Waals surface area contributed by atoms with Gasteiger partial charge in [0, 0.05) is 6.20 Å². The first-order valence-electron chi connectivity index (χ1n) is 10.8. The number of carbonyl (C=O) groups excluding carboxylic acids is 1. The normalized spacial score (nSPS) is 15.6. The molecule has 1 atom stereocenters. The molecular weight excluding hydrogens is 400 g/mol. The number of aryl methyl sites for hydroxylation is 2. The molecule has 1 aliphatic rings. The first kappa shape index (κ1) is 20.2. The molecule has 5 rings (SSSR count). The smallest absolute Gasteiger partial charge is 0.296 e. The van der Waals surface area contributed by atoms with Crippen molar-refractivity contribution in [2.45, 2.75) is 39.7 Å². The second-order valence-corrected chi connectivity index (χ2v) is 8.76. The van der Waals surface area contributed by atoms with Gasteiger partial charge in [0.15, 0.2) is 5.43 Å². The maximum absolute atomic E-state index is 13.7. The third kappa shape index (κ3) is 3.12. The molecule has 0 aliphatic carbocycles. The molecule has 2 aromatic heterocycles. The van der Waals surface area contributed by atoms with Crippen LogP contribution in [0.3, 0.4) is 0 Å². The zero-order valence-electron chi connectivity index (χ0n) is 18.5. The molecule has 0 unspecified atom stereocenters. The molecule has 0 fully saturated rings. The molecule has 0 radical (unpaired) electrons. The molecular formula is C27H24N2O3. The van der Waals surface area contributed by atoms with Crippen molar-refractivity contribution in [1.82, 2.24) is 4.98 Å². The maximum Gasteiger partial charge on any atom is 0.296 e. The lowest BCUT2D eigenvalue weighted by Gasteiger charge is -2.24. The first-order chi connectivity index (χ1) is 15.3. The molecule has 5 heteroatoms. The first-order valence-corrected chi connectivity index (χ1v) is 10.8. The van der Waals surface area contributed by atoms with Crippen molar-refractivity contribution in [3.63, 3.8) is 0 Å². The molecule has 0 bridgehead atoms. The number of benzene rings is 2. The highest BCUT2D eigenvalue weighted by atomic mass is 16.3. The van der Waals surface area contributed by atoms with E-state index in [-0.39, 0.29) is 17.1 Å². The van der Waals surface area contributed by atoms with Crippen molar-refractivity contribution in [3.05, 3.63) is 105 Å². The van der Waals surface area contributed by atoms with Crippen molar-refractivity contribution < 1.29 is 9.21 Å². The molecule has 3 heterocycles. The van der Waals surface area contributed by atoms with E-state index in [1.54, 1.807) is 17.2 Å². The fourth-order valence-electron chi connectivity index (χ4n) is 4.35. The molecule has 0 spiro atoms. The second kappa shape index (κ2) is 7.45. The van der Waals surface area contributed by atoms with Crippen LogP contribution in [0.15, 0.2) is 70.0 Å². The van der Waals surface area contributed by atoms with Gasteiger partial charge < -0.3 is 4.42 Å². The van der Waals surface area contributed by atoms with E-state index in [2.05, 4.69) is 31.0 Å². The standard InChI is InChI=1S/C27H24N2O3/c1-15(2)18-6-8-19(9-7-18)24-23-25(30)20-13-16(3)5-10-21(20)32-26(23)27(31)29(24)22-14-17(4)11-12-28-22/h5-15,24H,1-4H3/t24-/m0/s1. The largest absolute Gasteiger partial charge is 0.450 e. The third-order valence-corrected chi connectivity index (χ3v) is 6.09. The summed E-state index contributed by atoms with van der Waals surface area (Å²) < 4.78 is 6.03. The number of nitrogens with zero attached hydrogens (tertiary/aromatic N) is 2. The third-order valence-electron chi connectivity index (χ3n) is 6.09. The molecule has 0 saturated carbocycles. The number of amides is 1. The molecule has 160 valence electrons. The van der Waals surface area contributed by atoms with Gasteiger partial charge in [0.05, 0.1) is 17.0 Å². The van der Waals surface area contributed by atoms with Crippen molar-refractivity contribution in [2.24, 2.45) is 0 Å². The van der Waals surface area contributed by atoms with Gasteiger partial charge in [-0.1, -0.05) is 49.7 Å². The van der Waals surface area contributed by atoms with E-state index in [0.29, 0.717) is 28.3 Å². The Hall–Kier alpha value is -3.73. The summed E-state index contributed by atoms with van der Waals surface area (Å²) in [4.78, 5) is 33.3. The van der Waals surface area contributed by atoms with Crippen LogP contribution in [0.4, 0.5) is 5.82 Å². The molecule has 2 aromatic carbocycles. The Labute approximate surface area is 186 Å². The fraction of sp³-hybridized carbons (Fsp3) is 0.222. The Morgan fingerprint density at radius 3 is 2.34 bits per heavy atom. The van der Waals surface area contributed by atoms with Crippen LogP contribution in [0.1, 0.15) is 64.2 Å². The van der Waals surface area contributed by atoms with E-state index in [4.69, 9.17) is 4.42 Å². The van der Waals surface area contributed by atoms with E-state index in [0.717, 1.165) is 16.7 Å². The van der Waals surface area contributed by atoms with Crippen molar-refractivity contribution in [1.29, 1.82) is 0 Å². The van der Waals surface area contributed by atoms with Crippen molar-refractivity contribution in [3.8, 4) is 0 Å². The van der Waals surface area contributed by atoms with Crippen LogP contribution in [0, 0.1) is 13.8 Å². The number of rotatable bonds is 3. The van der Waals surface area contributed by atoms with Gasteiger partial charge in [-0.3, -0.25) is 14.5 Å². The van der Waals surface area contributed by atoms with Crippen molar-refractivity contribution in [2.75, 3.05) is 4.90 Å². The van der Waals surface area contributed by atoms with Gasteiger partial charge in [0.25, 0.3) is 5.91 Å². The van der Waals surface area contributed by atoms with Gasteiger partial charge in [-0.2, -0.15) is 0 Å². The summed E-state index contributed by atoms with van der Waals surface area (Å²) in [5, 5.41) is 0.486. The topological polar surface area (TPSA) is 63.4 Å². The van der Waals surface area contributed by atoms with Gasteiger partial charge in [0.1, 0.15) is 11.4 Å². The molecule has 4 aromatic rings. The summed E-state index contributed by atoms with van der Waals surface area (Å²) in [5.41, 5.74) is 4.60. The minimum atomic E-state index is -0.603. The monoisotopic (exact) mass is 424 g/mol. The number of anilines is 1. The van der Waals surface area contributed by atoms with Gasteiger partial charge in [-0.05, 0) is 60.7 Å². The average molecular weight is 425 g/mol. The van der Waals surface area contributed by atoms with Gasteiger partial charge >= 0.3 is 0 Å². The van der Waals surface area contributed by atoms with Crippen LogP contribution in [0.2, 0.25) is 0 Å². The van der Waals surface area contributed by atoms with E-state index < -0.39 is 6.04 Å². The van der Waals surface area contributed by atoms with Crippen LogP contribution in [-0.4, -0.2) is 10.9 Å². The molecule has 0 N–H and O–H groups in total. The van der Waals surface area contributed by atoms with Gasteiger partial charge in [0.2, 0.25) is 5.76 Å². The van der Waals surface area contributed by atoms with E-state index in [1.165, 1.54) is 5.56 Å². The number of hydrogen-bond acceptors (Lipinski definition) is 4. The molecule has 0 saturated heterocycles. The van der Waals surface area contributed by atoms with E-state index >= 15 is 0 Å². The van der Waals surface area contributed by atoms with E-state index in [9.17, 15) is 9.59 Å². The summed E-state index contributed by atoms with van der Waals surface area (Å²) in [7, 11) is 0. The number of hydrogen-bond donors (Lipinski definition) is 0. The van der Waals surface area contributed by atoms with Crippen LogP contribution < -0.4 is 10.3 Å². The Kier molecular flexibility index (Phi) is 4.70. The van der Waals surface area contributed by atoms with Crippen LogP contribution in [0.5, 0.6) is 0 Å². The lowest BCUT2D eigenvalue weighted by atomic mass is 9.95. The molecule has 32 heavy (non-hydrogen) atoms. The van der Waals surface area contributed by atoms with Gasteiger partial charge in [-0.25, -0.2) is 4.98 Å². The predicted molar refractivity (Wildman–Crippen MR) is 125 cm³/mol. The predicted octanol–water partition coefficient (Wildman–Crippen LogP) is 5.68. The molecule has 1 aliphatic heterocycles. The minimum Gasteiger partial charge on any atom is -0.450 e. The number of fused-ring (bicyclic) bond motifs is 2. The molecule has 1 amide bonds. The highest BCUT2D eigenvalue weighted by Gasteiger charge is 2.44. The summed E-state index contributed by atoms with van der Waals surface area (Å²) in [6.07, 6.45) is 1.68. The van der Waals surface area contributed by atoms with Crippen LogP contribution in [-0.2, 0) is 0 Å². The number of carbonyl (C=O) groups is 1. The summed E-state index contributed by atoms with van der Waals surface area (Å²) in [6, 6.07) is 16.7. The Balaban J connectivity index is 1.79. The van der Waals surface area contributed by atoms with Crippen LogP contribution >= 0.6 is 0 Å². The summed E-state index contributed by atoms with van der Waals surface area (Å²) in [5.74, 6) is 0.621. The average Bonchev–Trinajstić information content (AvgIpc) is 3.07. The zero-order chi connectivity index (χ0) is 22.6. The van der Waals surface area contributed by atoms with Crippen LogP contribution in [0.25, 0.3) is 11.0 Å². The lowest BCUT2D eigenvalue weighted by molar-refractivity contribution is 0.0970. The zero-order valence-corrected chi connectivity index (χ0v) is 18.5. The highest BCUT2D eigenvalue weighted by Crippen LogP contribution is 2.41. The highest BCUT2D eigenvalue weighted by molar-refractivity contribution is 6.10. The minimum absolute atomic E-state index is 0.0904. The van der Waals surface area contributed by atoms with E-state index in [1.807, 2.05) is 50.2 Å². The summed E-state index contributed by atoms with van der Waals surface area (Å²) in [6.45, 7) is 8.15. The molecule has 5 nitrogen and oxygen atoms in total. The maximum atomic E-state index is 13.7. The Bertz CT molecular complexity index is 1420. The fourth-order valence-corrected chi connectivity index (χ4v) is 4.35. The SMILES string of the molecule is Cc1ccnc(N2C(=O)c3oc4ccc(C)cc4c(=O)c3[C@@H]2c2ccc(C(C)C)cc2)c1. The Morgan fingerprint density at radius 1 is 0.938 bits per heavy atom. The Morgan fingerprint density at radius 2 is 1.66 bits per heavy atom. The second-order valence-electron chi connectivity index (χ2n) is 8.76. The van der Waals surface area contributed by atoms with Gasteiger partial charge in [-0.15, -0.1) is 0 Å². The quantitative estimate of drug-likeness (QED) is 0.425.